The molecule has 2 aromatic heterocycles. The van der Waals surface area contributed by atoms with Crippen molar-refractivity contribution in [2.24, 2.45) is 0 Å². The number of amides is 1. The van der Waals surface area contributed by atoms with Crippen molar-refractivity contribution >= 4 is 17.8 Å². The minimum absolute atomic E-state index is 0.218. The van der Waals surface area contributed by atoms with E-state index in [1.165, 1.54) is 6.08 Å². The molecule has 2 heterocycles. The number of ether oxygens (including phenoxy) is 3. The van der Waals surface area contributed by atoms with Crippen LogP contribution in [-0.2, 0) is 4.79 Å². The Kier molecular flexibility index (Phi) is 7.47. The molecular weight excluding hydrogens is 398 g/mol. The number of hydrogen-bond acceptors (Lipinski definition) is 7. The molecule has 2 N–H and O–H groups in total. The number of benzene rings is 1. The lowest BCUT2D eigenvalue weighted by atomic mass is 10.1. The van der Waals surface area contributed by atoms with Gasteiger partial charge in [-0.15, -0.1) is 10.2 Å². The van der Waals surface area contributed by atoms with Crippen molar-refractivity contribution in [2.45, 2.75) is 0 Å². The summed E-state index contributed by atoms with van der Waals surface area (Å²) in [6.07, 6.45) is 6.93. The minimum Gasteiger partial charge on any atom is -0.493 e. The van der Waals surface area contributed by atoms with Crippen molar-refractivity contribution in [3.8, 4) is 23.1 Å². The number of nitrogens with one attached hydrogen (secondary N) is 2. The third-order valence-electron chi connectivity index (χ3n) is 4.36. The first-order valence-electron chi connectivity index (χ1n) is 9.61. The first-order chi connectivity index (χ1) is 15.1. The molecule has 0 aliphatic rings. The molecule has 0 unspecified atom stereocenters. The van der Waals surface area contributed by atoms with Gasteiger partial charge in [0.15, 0.2) is 17.3 Å². The molecule has 31 heavy (non-hydrogen) atoms. The molecule has 0 atom stereocenters. The van der Waals surface area contributed by atoms with Gasteiger partial charge in [-0.2, -0.15) is 0 Å². The Bertz CT molecular complexity index is 992. The zero-order chi connectivity index (χ0) is 22.1. The summed E-state index contributed by atoms with van der Waals surface area (Å²) in [5, 5.41) is 14.2. The molecular formula is C22H25N5O4. The number of nitrogens with zero attached hydrogens (tertiary/aromatic N) is 3. The molecule has 1 amide bonds. The van der Waals surface area contributed by atoms with Gasteiger partial charge in [0, 0.05) is 31.6 Å². The van der Waals surface area contributed by atoms with Gasteiger partial charge < -0.3 is 29.4 Å². The summed E-state index contributed by atoms with van der Waals surface area (Å²) >= 11 is 0. The highest BCUT2D eigenvalue weighted by Gasteiger charge is 2.12. The average Bonchev–Trinajstić information content (AvgIpc) is 3.35. The smallest absolute Gasteiger partial charge is 0.244 e. The van der Waals surface area contributed by atoms with Crippen LogP contribution in [0.5, 0.6) is 17.2 Å². The van der Waals surface area contributed by atoms with E-state index < -0.39 is 0 Å². The van der Waals surface area contributed by atoms with Crippen LogP contribution in [0.4, 0.5) is 5.82 Å². The fourth-order valence-electron chi connectivity index (χ4n) is 2.85. The summed E-state index contributed by atoms with van der Waals surface area (Å²) in [6.45, 7) is 0.945. The second kappa shape index (κ2) is 10.7. The second-order valence-corrected chi connectivity index (χ2v) is 6.38. The SMILES string of the molecule is COc1cc(/C=C/C(=O)NCCNc2ccc(-n3cccc3)nn2)cc(OC)c1OC. The van der Waals surface area contributed by atoms with Crippen molar-refractivity contribution in [3.05, 3.63) is 60.4 Å². The molecule has 0 radical (unpaired) electrons. The van der Waals surface area contributed by atoms with Crippen LogP contribution < -0.4 is 24.8 Å². The highest BCUT2D eigenvalue weighted by atomic mass is 16.5. The molecule has 3 rings (SSSR count). The van der Waals surface area contributed by atoms with Crippen LogP contribution in [-0.4, -0.2) is 55.1 Å². The molecule has 0 saturated carbocycles. The average molecular weight is 423 g/mol. The van der Waals surface area contributed by atoms with Crippen LogP contribution in [0.1, 0.15) is 5.56 Å². The Morgan fingerprint density at radius 2 is 1.71 bits per heavy atom. The fourth-order valence-corrected chi connectivity index (χ4v) is 2.85. The summed E-state index contributed by atoms with van der Waals surface area (Å²) in [7, 11) is 4.63. The molecule has 162 valence electrons. The summed E-state index contributed by atoms with van der Waals surface area (Å²) in [5.74, 6) is 2.70. The van der Waals surface area contributed by atoms with Gasteiger partial charge in [0.1, 0.15) is 5.82 Å². The van der Waals surface area contributed by atoms with Gasteiger partial charge in [0.25, 0.3) is 0 Å². The Hall–Kier alpha value is -4.01. The van der Waals surface area contributed by atoms with Gasteiger partial charge >= 0.3 is 0 Å². The van der Waals surface area contributed by atoms with Crippen molar-refractivity contribution < 1.29 is 19.0 Å². The molecule has 0 bridgehead atoms. The Balaban J connectivity index is 1.47. The molecule has 1 aromatic carbocycles. The second-order valence-electron chi connectivity index (χ2n) is 6.38. The number of carbonyl (C=O) groups is 1. The molecule has 3 aromatic rings. The van der Waals surface area contributed by atoms with E-state index in [9.17, 15) is 4.79 Å². The molecule has 0 aliphatic heterocycles. The summed E-state index contributed by atoms with van der Waals surface area (Å²) in [6, 6.07) is 11.1. The monoisotopic (exact) mass is 423 g/mol. The van der Waals surface area contributed by atoms with E-state index in [2.05, 4.69) is 20.8 Å². The minimum atomic E-state index is -0.218. The van der Waals surface area contributed by atoms with E-state index in [0.29, 0.717) is 36.2 Å². The standard InChI is InChI=1S/C22H25N5O4/c1-29-17-14-16(15-18(30-2)22(17)31-3)6-9-21(28)24-11-10-23-19-7-8-20(26-25-19)27-12-4-5-13-27/h4-9,12-15H,10-11H2,1-3H3,(H,23,25)(H,24,28)/b9-6+. The number of anilines is 1. The van der Waals surface area contributed by atoms with Gasteiger partial charge in [0.2, 0.25) is 11.7 Å². The quantitative estimate of drug-likeness (QED) is 0.382. The van der Waals surface area contributed by atoms with E-state index in [4.69, 9.17) is 14.2 Å². The van der Waals surface area contributed by atoms with Crippen LogP contribution in [0, 0.1) is 0 Å². The predicted octanol–water partition coefficient (Wildman–Crippen LogP) is 2.53. The van der Waals surface area contributed by atoms with Gasteiger partial charge in [-0.1, -0.05) is 0 Å². The van der Waals surface area contributed by atoms with Crippen LogP contribution in [0.25, 0.3) is 11.9 Å². The van der Waals surface area contributed by atoms with Crippen LogP contribution in [0.3, 0.4) is 0 Å². The van der Waals surface area contributed by atoms with Crippen LogP contribution in [0.2, 0.25) is 0 Å². The number of methoxy groups -OCH3 is 3. The number of carbonyl (C=O) groups excluding carboxylic acids is 1. The van der Waals surface area contributed by atoms with Gasteiger partial charge in [-0.05, 0) is 48.0 Å². The largest absolute Gasteiger partial charge is 0.493 e. The number of rotatable bonds is 10. The number of hydrogen-bond donors (Lipinski definition) is 2. The molecule has 0 spiro atoms. The lowest BCUT2D eigenvalue weighted by molar-refractivity contribution is -0.116. The van der Waals surface area contributed by atoms with Gasteiger partial charge in [-0.3, -0.25) is 4.79 Å². The van der Waals surface area contributed by atoms with E-state index in [1.54, 1.807) is 39.5 Å². The normalized spacial score (nSPS) is 10.7. The molecule has 0 aliphatic carbocycles. The van der Waals surface area contributed by atoms with Gasteiger partial charge in [0.05, 0.1) is 21.3 Å². The van der Waals surface area contributed by atoms with Crippen molar-refractivity contribution in [1.82, 2.24) is 20.1 Å². The van der Waals surface area contributed by atoms with E-state index >= 15 is 0 Å². The molecule has 9 nitrogen and oxygen atoms in total. The summed E-state index contributed by atoms with van der Waals surface area (Å²) in [5.41, 5.74) is 0.751. The van der Waals surface area contributed by atoms with E-state index in [0.717, 1.165) is 11.4 Å². The third-order valence-corrected chi connectivity index (χ3v) is 4.36. The highest BCUT2D eigenvalue weighted by molar-refractivity contribution is 5.91. The topological polar surface area (TPSA) is 99.5 Å². The Labute approximate surface area is 180 Å². The Morgan fingerprint density at radius 1 is 1.00 bits per heavy atom. The van der Waals surface area contributed by atoms with E-state index in [-0.39, 0.29) is 5.91 Å². The first-order valence-corrected chi connectivity index (χ1v) is 9.61. The van der Waals surface area contributed by atoms with E-state index in [1.807, 2.05) is 41.2 Å². The first kappa shape index (κ1) is 21.7. The summed E-state index contributed by atoms with van der Waals surface area (Å²) in [4.78, 5) is 12.1. The van der Waals surface area contributed by atoms with Crippen molar-refractivity contribution in [2.75, 3.05) is 39.7 Å². The van der Waals surface area contributed by atoms with Crippen molar-refractivity contribution in [3.63, 3.8) is 0 Å². The fraction of sp³-hybridized carbons (Fsp3) is 0.227. The maximum Gasteiger partial charge on any atom is 0.244 e. The molecule has 0 saturated heterocycles. The maximum absolute atomic E-state index is 12.1. The third kappa shape index (κ3) is 5.75. The predicted molar refractivity (Wildman–Crippen MR) is 118 cm³/mol. The summed E-state index contributed by atoms with van der Waals surface area (Å²) < 4.78 is 17.8. The number of aromatic nitrogens is 3. The highest BCUT2D eigenvalue weighted by Crippen LogP contribution is 2.38. The van der Waals surface area contributed by atoms with Crippen LogP contribution >= 0.6 is 0 Å². The maximum atomic E-state index is 12.1. The van der Waals surface area contributed by atoms with Crippen molar-refractivity contribution in [1.29, 1.82) is 0 Å². The zero-order valence-electron chi connectivity index (χ0n) is 17.7. The van der Waals surface area contributed by atoms with Crippen LogP contribution in [0.15, 0.2) is 54.9 Å². The Morgan fingerprint density at radius 3 is 2.29 bits per heavy atom. The zero-order valence-corrected chi connectivity index (χ0v) is 17.7. The lowest BCUT2D eigenvalue weighted by Crippen LogP contribution is -2.27. The van der Waals surface area contributed by atoms with Gasteiger partial charge in [-0.25, -0.2) is 0 Å². The lowest BCUT2D eigenvalue weighted by Gasteiger charge is -2.12. The molecule has 9 heteroatoms. The molecule has 0 fully saturated rings.